The van der Waals surface area contributed by atoms with Crippen molar-refractivity contribution in [3.63, 3.8) is 0 Å². The van der Waals surface area contributed by atoms with E-state index in [2.05, 4.69) is 10.1 Å². The van der Waals surface area contributed by atoms with E-state index in [9.17, 15) is 18.0 Å². The van der Waals surface area contributed by atoms with E-state index < -0.39 is 11.7 Å². The van der Waals surface area contributed by atoms with Crippen molar-refractivity contribution in [3.8, 4) is 11.1 Å². The number of aromatic nitrogens is 2. The minimum Gasteiger partial charge on any atom is -0.361 e. The summed E-state index contributed by atoms with van der Waals surface area (Å²) in [4.78, 5) is 18.2. The van der Waals surface area contributed by atoms with Gasteiger partial charge in [-0.25, -0.2) is 0 Å². The average Bonchev–Trinajstić information content (AvgIpc) is 3.17. The Morgan fingerprint density at radius 2 is 2.00 bits per heavy atom. The Hall–Kier alpha value is -3.16. The highest BCUT2D eigenvalue weighted by molar-refractivity contribution is 6.01. The highest BCUT2D eigenvalue weighted by Gasteiger charge is 2.32. The van der Waals surface area contributed by atoms with Crippen molar-refractivity contribution in [2.75, 3.05) is 4.90 Å². The second kappa shape index (κ2) is 6.22. The second-order valence-electron chi connectivity index (χ2n) is 6.35. The van der Waals surface area contributed by atoms with Crippen LogP contribution in [-0.4, -0.2) is 16.0 Å². The SMILES string of the molecule is Cc1cc(CN2C(=O)Cc3ncc(-c4cccc(C(F)(F)F)c4)cc32)no1. The number of fused-ring (bicyclic) bond motifs is 1. The Kier molecular flexibility index (Phi) is 3.98. The van der Waals surface area contributed by atoms with Crippen LogP contribution in [0.2, 0.25) is 0 Å². The molecule has 27 heavy (non-hydrogen) atoms. The van der Waals surface area contributed by atoms with E-state index in [0.717, 1.165) is 12.1 Å². The van der Waals surface area contributed by atoms with Crippen LogP contribution in [0.15, 0.2) is 47.1 Å². The summed E-state index contributed by atoms with van der Waals surface area (Å²) < 4.78 is 44.0. The average molecular weight is 373 g/mol. The second-order valence-corrected chi connectivity index (χ2v) is 6.35. The third kappa shape index (κ3) is 3.30. The molecule has 3 heterocycles. The molecule has 1 aromatic carbocycles. The maximum atomic E-state index is 13.0. The Balaban J connectivity index is 1.70. The van der Waals surface area contributed by atoms with Gasteiger partial charge in [0.25, 0.3) is 0 Å². The molecule has 0 saturated carbocycles. The molecular formula is C19H14F3N3O2. The molecule has 0 bridgehead atoms. The molecule has 4 rings (SSSR count). The Bertz CT molecular complexity index is 1030. The van der Waals surface area contributed by atoms with Gasteiger partial charge in [0.05, 0.1) is 29.9 Å². The van der Waals surface area contributed by atoms with Crippen LogP contribution in [0.4, 0.5) is 18.9 Å². The van der Waals surface area contributed by atoms with Crippen molar-refractivity contribution >= 4 is 11.6 Å². The van der Waals surface area contributed by atoms with Gasteiger partial charge in [-0.15, -0.1) is 0 Å². The molecule has 1 aliphatic rings. The van der Waals surface area contributed by atoms with Gasteiger partial charge in [0, 0.05) is 17.8 Å². The number of aryl methyl sites for hydroxylation is 1. The standard InChI is InChI=1S/C19H14F3N3O2/c1-11-5-15(24-27-11)10-25-17-7-13(9-23-16(17)8-18(25)26)12-3-2-4-14(6-12)19(20,21)22/h2-7,9H,8,10H2,1H3. The van der Waals surface area contributed by atoms with Crippen molar-refractivity contribution in [1.29, 1.82) is 0 Å². The number of nitrogens with zero attached hydrogens (tertiary/aromatic N) is 3. The van der Waals surface area contributed by atoms with Crippen LogP contribution in [0.1, 0.15) is 22.7 Å². The Labute approximate surface area is 152 Å². The number of halogens is 3. The molecule has 0 aliphatic carbocycles. The first kappa shape index (κ1) is 17.3. The lowest BCUT2D eigenvalue weighted by atomic mass is 10.0. The zero-order valence-electron chi connectivity index (χ0n) is 14.2. The van der Waals surface area contributed by atoms with Crippen molar-refractivity contribution < 1.29 is 22.5 Å². The van der Waals surface area contributed by atoms with E-state index in [1.54, 1.807) is 25.1 Å². The molecule has 0 N–H and O–H groups in total. The quantitative estimate of drug-likeness (QED) is 0.692. The maximum absolute atomic E-state index is 13.0. The maximum Gasteiger partial charge on any atom is 0.416 e. The fourth-order valence-corrected chi connectivity index (χ4v) is 3.09. The van der Waals surface area contributed by atoms with Gasteiger partial charge in [-0.05, 0) is 30.7 Å². The van der Waals surface area contributed by atoms with Gasteiger partial charge in [0.2, 0.25) is 5.91 Å². The van der Waals surface area contributed by atoms with Crippen LogP contribution >= 0.6 is 0 Å². The summed E-state index contributed by atoms with van der Waals surface area (Å²) in [7, 11) is 0. The minimum absolute atomic E-state index is 0.139. The molecule has 2 aromatic heterocycles. The minimum atomic E-state index is -4.42. The van der Waals surface area contributed by atoms with Gasteiger partial charge in [-0.3, -0.25) is 9.78 Å². The summed E-state index contributed by atoms with van der Waals surface area (Å²) in [6.45, 7) is 1.97. The van der Waals surface area contributed by atoms with Crippen LogP contribution < -0.4 is 4.90 Å². The number of rotatable bonds is 3. The topological polar surface area (TPSA) is 59.2 Å². The summed E-state index contributed by atoms with van der Waals surface area (Å²) in [6, 6.07) is 8.46. The van der Waals surface area contributed by atoms with Gasteiger partial charge >= 0.3 is 6.18 Å². The largest absolute Gasteiger partial charge is 0.416 e. The summed E-state index contributed by atoms with van der Waals surface area (Å²) in [6.07, 6.45) is -2.78. The first-order valence-corrected chi connectivity index (χ1v) is 8.20. The highest BCUT2D eigenvalue weighted by atomic mass is 19.4. The molecule has 0 radical (unpaired) electrons. The number of anilines is 1. The van der Waals surface area contributed by atoms with Gasteiger partial charge in [-0.1, -0.05) is 17.3 Å². The molecule has 1 amide bonds. The molecular weight excluding hydrogens is 359 g/mol. The number of amides is 1. The molecule has 0 saturated heterocycles. The monoisotopic (exact) mass is 373 g/mol. The van der Waals surface area contributed by atoms with Gasteiger partial charge < -0.3 is 9.42 Å². The van der Waals surface area contributed by atoms with Crippen LogP contribution in [0, 0.1) is 6.92 Å². The van der Waals surface area contributed by atoms with E-state index in [1.165, 1.54) is 17.2 Å². The first-order valence-electron chi connectivity index (χ1n) is 8.20. The number of hydrogen-bond donors (Lipinski definition) is 0. The summed E-state index contributed by atoms with van der Waals surface area (Å²) in [5.41, 5.74) is 1.93. The number of hydrogen-bond acceptors (Lipinski definition) is 4. The first-order chi connectivity index (χ1) is 12.8. The van der Waals surface area contributed by atoms with Gasteiger partial charge in [0.1, 0.15) is 11.5 Å². The smallest absolute Gasteiger partial charge is 0.361 e. The number of carbonyl (C=O) groups excluding carboxylic acids is 1. The fraction of sp³-hybridized carbons (Fsp3) is 0.211. The van der Waals surface area contributed by atoms with Crippen molar-refractivity contribution in [2.24, 2.45) is 0 Å². The molecule has 3 aromatic rings. The van der Waals surface area contributed by atoms with E-state index in [0.29, 0.717) is 34.0 Å². The number of pyridine rings is 1. The number of carbonyl (C=O) groups is 1. The zero-order valence-corrected chi connectivity index (χ0v) is 14.2. The number of benzene rings is 1. The van der Waals surface area contributed by atoms with Crippen molar-refractivity contribution in [3.05, 3.63) is 65.3 Å². The third-order valence-corrected chi connectivity index (χ3v) is 4.38. The summed E-state index contributed by atoms with van der Waals surface area (Å²) in [5.74, 6) is 0.493. The number of alkyl halides is 3. The molecule has 138 valence electrons. The normalized spacial score (nSPS) is 13.9. The van der Waals surface area contributed by atoms with Crippen molar-refractivity contribution in [2.45, 2.75) is 26.1 Å². The van der Waals surface area contributed by atoms with Crippen LogP contribution in [0.3, 0.4) is 0 Å². The molecule has 0 atom stereocenters. The van der Waals surface area contributed by atoms with Crippen molar-refractivity contribution in [1.82, 2.24) is 10.1 Å². The fourth-order valence-electron chi connectivity index (χ4n) is 3.09. The van der Waals surface area contributed by atoms with E-state index >= 15 is 0 Å². The molecule has 8 heteroatoms. The van der Waals surface area contributed by atoms with Gasteiger partial charge in [0.15, 0.2) is 0 Å². The molecule has 0 spiro atoms. The highest BCUT2D eigenvalue weighted by Crippen LogP contribution is 2.35. The summed E-state index contributed by atoms with van der Waals surface area (Å²) >= 11 is 0. The molecule has 0 unspecified atom stereocenters. The lowest BCUT2D eigenvalue weighted by Gasteiger charge is -2.16. The lowest BCUT2D eigenvalue weighted by Crippen LogP contribution is -2.26. The summed E-state index contributed by atoms with van der Waals surface area (Å²) in [5, 5.41) is 3.89. The molecule has 1 aliphatic heterocycles. The van der Waals surface area contributed by atoms with E-state index in [1.807, 2.05) is 0 Å². The molecule has 0 fully saturated rings. The Morgan fingerprint density at radius 3 is 2.70 bits per heavy atom. The predicted molar refractivity (Wildman–Crippen MR) is 90.8 cm³/mol. The van der Waals surface area contributed by atoms with E-state index in [4.69, 9.17) is 4.52 Å². The van der Waals surface area contributed by atoms with E-state index in [-0.39, 0.29) is 18.9 Å². The lowest BCUT2D eigenvalue weighted by molar-refractivity contribution is -0.137. The predicted octanol–water partition coefficient (Wildman–Crippen LogP) is 4.15. The van der Waals surface area contributed by atoms with Crippen LogP contribution in [-0.2, 0) is 23.9 Å². The Morgan fingerprint density at radius 1 is 1.19 bits per heavy atom. The van der Waals surface area contributed by atoms with Crippen LogP contribution in [0.25, 0.3) is 11.1 Å². The molecule has 5 nitrogen and oxygen atoms in total. The van der Waals surface area contributed by atoms with Gasteiger partial charge in [-0.2, -0.15) is 13.2 Å². The third-order valence-electron chi connectivity index (χ3n) is 4.38. The zero-order chi connectivity index (χ0) is 19.2. The van der Waals surface area contributed by atoms with Crippen LogP contribution in [0.5, 0.6) is 0 Å².